The average Bonchev–Trinajstić information content (AvgIpc) is 2.77. The van der Waals surface area contributed by atoms with Gasteiger partial charge in [0.15, 0.2) is 0 Å². The quantitative estimate of drug-likeness (QED) is 0.926. The van der Waals surface area contributed by atoms with Gasteiger partial charge in [0.1, 0.15) is 0 Å². The third kappa shape index (κ3) is 3.29. The summed E-state index contributed by atoms with van der Waals surface area (Å²) in [6.07, 6.45) is 4.79. The first-order chi connectivity index (χ1) is 10.3. The lowest BCUT2D eigenvalue weighted by Crippen LogP contribution is -2.31. The van der Waals surface area contributed by atoms with Crippen molar-refractivity contribution in [1.82, 2.24) is 4.98 Å². The van der Waals surface area contributed by atoms with E-state index in [2.05, 4.69) is 11.1 Å². The molecule has 0 aliphatic carbocycles. The number of anilines is 1. The smallest absolute Gasteiger partial charge is 0.259 e. The molecule has 4 nitrogen and oxygen atoms in total. The van der Waals surface area contributed by atoms with Gasteiger partial charge < -0.3 is 10.6 Å². The second kappa shape index (κ2) is 7.38. The molecule has 2 aromatic rings. The van der Waals surface area contributed by atoms with E-state index >= 15 is 0 Å². The Hall–Kier alpha value is -1.91. The molecule has 1 amide bonds. The Bertz CT molecular complexity index is 643. The highest BCUT2D eigenvalue weighted by atomic mass is 35.5. The number of benzene rings is 1. The maximum absolute atomic E-state index is 12.8. The minimum absolute atomic E-state index is 0. The number of aromatic nitrogens is 1. The molecule has 5 heteroatoms. The average molecular weight is 318 g/mol. The molecule has 0 saturated heterocycles. The Labute approximate surface area is 136 Å². The number of fused-ring (bicyclic) bond motifs is 1. The van der Waals surface area contributed by atoms with Crippen molar-refractivity contribution in [2.24, 2.45) is 5.73 Å². The molecule has 0 bridgehead atoms. The summed E-state index contributed by atoms with van der Waals surface area (Å²) in [6.45, 7) is 1.15. The molecule has 0 radical (unpaired) electrons. The van der Waals surface area contributed by atoms with Crippen molar-refractivity contribution in [3.63, 3.8) is 0 Å². The Morgan fingerprint density at radius 1 is 1.18 bits per heavy atom. The number of nitrogens with two attached hydrogens (primary N) is 1. The summed E-state index contributed by atoms with van der Waals surface area (Å²) in [7, 11) is 0. The van der Waals surface area contributed by atoms with E-state index in [1.54, 1.807) is 6.20 Å². The Kier molecular flexibility index (Phi) is 5.52. The second-order valence-electron chi connectivity index (χ2n) is 5.28. The topological polar surface area (TPSA) is 59.2 Å². The van der Waals surface area contributed by atoms with E-state index in [1.165, 1.54) is 5.56 Å². The van der Waals surface area contributed by atoms with Crippen LogP contribution >= 0.6 is 12.4 Å². The minimum Gasteiger partial charge on any atom is -0.325 e. The van der Waals surface area contributed by atoms with Gasteiger partial charge in [0, 0.05) is 25.0 Å². The number of hydrogen-bond acceptors (Lipinski definition) is 3. The molecule has 1 aliphatic rings. The number of carbonyl (C=O) groups is 1. The van der Waals surface area contributed by atoms with Gasteiger partial charge in [-0.05, 0) is 43.0 Å². The number of amides is 1. The summed E-state index contributed by atoms with van der Waals surface area (Å²) >= 11 is 0. The van der Waals surface area contributed by atoms with Gasteiger partial charge in [0.2, 0.25) is 0 Å². The molecule has 116 valence electrons. The van der Waals surface area contributed by atoms with Crippen LogP contribution in [-0.2, 0) is 13.0 Å². The van der Waals surface area contributed by atoms with Gasteiger partial charge in [-0.25, -0.2) is 0 Å². The van der Waals surface area contributed by atoms with Crippen molar-refractivity contribution in [3.05, 3.63) is 59.4 Å². The van der Waals surface area contributed by atoms with E-state index in [1.807, 2.05) is 35.2 Å². The highest BCUT2D eigenvalue weighted by molar-refractivity contribution is 6.06. The molecule has 0 saturated carbocycles. The fourth-order valence-electron chi connectivity index (χ4n) is 2.73. The Morgan fingerprint density at radius 2 is 2.00 bits per heavy atom. The lowest BCUT2D eigenvalue weighted by molar-refractivity contribution is 0.0986. The maximum Gasteiger partial charge on any atom is 0.259 e. The third-order valence-corrected chi connectivity index (χ3v) is 3.89. The molecule has 22 heavy (non-hydrogen) atoms. The SMILES string of the molecule is Cl.NCc1ccc(C(=O)N2CCCCc3ccccc32)cn1. The van der Waals surface area contributed by atoms with E-state index in [0.29, 0.717) is 12.1 Å². The van der Waals surface area contributed by atoms with E-state index in [4.69, 9.17) is 5.73 Å². The van der Waals surface area contributed by atoms with Crippen molar-refractivity contribution in [1.29, 1.82) is 0 Å². The van der Waals surface area contributed by atoms with E-state index in [9.17, 15) is 4.79 Å². The summed E-state index contributed by atoms with van der Waals surface area (Å²) in [5.41, 5.74) is 9.23. The van der Waals surface area contributed by atoms with Crippen LogP contribution in [0.25, 0.3) is 0 Å². The molecule has 1 aromatic heterocycles. The molecule has 3 rings (SSSR count). The normalized spacial score (nSPS) is 13.8. The number of hydrogen-bond donors (Lipinski definition) is 1. The molecule has 0 fully saturated rings. The van der Waals surface area contributed by atoms with E-state index in [0.717, 1.165) is 37.2 Å². The number of halogens is 1. The summed E-state index contributed by atoms with van der Waals surface area (Å²) in [4.78, 5) is 18.9. The molecular weight excluding hydrogens is 298 g/mol. The monoisotopic (exact) mass is 317 g/mol. The zero-order valence-corrected chi connectivity index (χ0v) is 13.2. The van der Waals surface area contributed by atoms with E-state index in [-0.39, 0.29) is 18.3 Å². The van der Waals surface area contributed by atoms with Crippen molar-refractivity contribution in [2.75, 3.05) is 11.4 Å². The van der Waals surface area contributed by atoms with Crippen LogP contribution in [0, 0.1) is 0 Å². The second-order valence-corrected chi connectivity index (χ2v) is 5.28. The van der Waals surface area contributed by atoms with Gasteiger partial charge >= 0.3 is 0 Å². The molecular formula is C17H20ClN3O. The van der Waals surface area contributed by atoms with Crippen LogP contribution in [0.1, 0.15) is 34.5 Å². The lowest BCUT2D eigenvalue weighted by Gasteiger charge is -2.22. The van der Waals surface area contributed by atoms with Crippen molar-refractivity contribution in [3.8, 4) is 0 Å². The summed E-state index contributed by atoms with van der Waals surface area (Å²) < 4.78 is 0. The lowest BCUT2D eigenvalue weighted by atomic mass is 10.1. The highest BCUT2D eigenvalue weighted by Crippen LogP contribution is 2.27. The number of rotatable bonds is 2. The fourth-order valence-corrected chi connectivity index (χ4v) is 2.73. The van der Waals surface area contributed by atoms with Crippen LogP contribution in [0.2, 0.25) is 0 Å². The van der Waals surface area contributed by atoms with E-state index < -0.39 is 0 Å². The van der Waals surface area contributed by atoms with Crippen molar-refractivity contribution >= 4 is 24.0 Å². The van der Waals surface area contributed by atoms with Gasteiger partial charge in [0.05, 0.1) is 11.3 Å². The van der Waals surface area contributed by atoms with Crippen LogP contribution in [0.3, 0.4) is 0 Å². The third-order valence-electron chi connectivity index (χ3n) is 3.89. The number of aryl methyl sites for hydroxylation is 1. The molecule has 2 heterocycles. The first kappa shape index (κ1) is 16.5. The van der Waals surface area contributed by atoms with Crippen LogP contribution in [-0.4, -0.2) is 17.4 Å². The van der Waals surface area contributed by atoms with Gasteiger partial charge in [0.25, 0.3) is 5.91 Å². The van der Waals surface area contributed by atoms with Gasteiger partial charge in [-0.1, -0.05) is 18.2 Å². The Morgan fingerprint density at radius 3 is 2.73 bits per heavy atom. The van der Waals surface area contributed by atoms with Crippen LogP contribution in [0.4, 0.5) is 5.69 Å². The van der Waals surface area contributed by atoms with Crippen LogP contribution in [0.5, 0.6) is 0 Å². The molecule has 1 aliphatic heterocycles. The maximum atomic E-state index is 12.8. The number of carbonyl (C=O) groups excluding carboxylic acids is 1. The molecule has 0 unspecified atom stereocenters. The molecule has 2 N–H and O–H groups in total. The number of nitrogens with zero attached hydrogens (tertiary/aromatic N) is 2. The number of para-hydroxylation sites is 1. The number of pyridine rings is 1. The predicted molar refractivity (Wildman–Crippen MR) is 90.4 cm³/mol. The fraction of sp³-hybridized carbons (Fsp3) is 0.294. The summed E-state index contributed by atoms with van der Waals surface area (Å²) in [5.74, 6) is 0.0143. The molecule has 1 aromatic carbocycles. The van der Waals surface area contributed by atoms with Gasteiger partial charge in [-0.2, -0.15) is 0 Å². The highest BCUT2D eigenvalue weighted by Gasteiger charge is 2.22. The zero-order chi connectivity index (χ0) is 14.7. The van der Waals surface area contributed by atoms with Gasteiger partial charge in [-0.3, -0.25) is 9.78 Å². The first-order valence-electron chi connectivity index (χ1n) is 7.34. The first-order valence-corrected chi connectivity index (χ1v) is 7.34. The predicted octanol–water partition coefficient (Wildman–Crippen LogP) is 2.95. The molecule has 0 spiro atoms. The van der Waals surface area contributed by atoms with Crippen LogP contribution in [0.15, 0.2) is 42.6 Å². The van der Waals surface area contributed by atoms with Gasteiger partial charge in [-0.15, -0.1) is 12.4 Å². The summed E-state index contributed by atoms with van der Waals surface area (Å²) in [6, 6.07) is 11.8. The molecule has 0 atom stereocenters. The van der Waals surface area contributed by atoms with Crippen molar-refractivity contribution < 1.29 is 4.79 Å². The summed E-state index contributed by atoms with van der Waals surface area (Å²) in [5, 5.41) is 0. The largest absolute Gasteiger partial charge is 0.325 e. The zero-order valence-electron chi connectivity index (χ0n) is 12.4. The standard InChI is InChI=1S/C17H19N3O.ClH/c18-11-15-9-8-14(12-19-15)17(21)20-10-4-3-6-13-5-1-2-7-16(13)20;/h1-2,5,7-9,12H,3-4,6,10-11,18H2;1H. The Balaban J connectivity index is 0.00000176. The van der Waals surface area contributed by atoms with Crippen molar-refractivity contribution in [2.45, 2.75) is 25.8 Å². The minimum atomic E-state index is 0. The van der Waals surface area contributed by atoms with Crippen LogP contribution < -0.4 is 10.6 Å².